The van der Waals surface area contributed by atoms with E-state index in [1.807, 2.05) is 30.3 Å². The Labute approximate surface area is 139 Å². The number of nitrogens with zero attached hydrogens (tertiary/aromatic N) is 1. The molecule has 2 aromatic carbocycles. The summed E-state index contributed by atoms with van der Waals surface area (Å²) in [5.74, 6) is -0.777. The van der Waals surface area contributed by atoms with Gasteiger partial charge < -0.3 is 10.6 Å². The Morgan fingerprint density at radius 2 is 1.75 bits per heavy atom. The van der Waals surface area contributed by atoms with Crippen molar-refractivity contribution in [3.8, 4) is 0 Å². The van der Waals surface area contributed by atoms with Gasteiger partial charge in [0.05, 0.1) is 12.2 Å². The maximum absolute atomic E-state index is 13.2. The molecule has 0 bridgehead atoms. The fraction of sp³-hybridized carbons (Fsp3) is 0.0526. The van der Waals surface area contributed by atoms with Crippen LogP contribution in [0.1, 0.15) is 16.1 Å². The number of hydrogen-bond donors (Lipinski definition) is 2. The molecular weight excluding hydrogens is 305 g/mol. The van der Waals surface area contributed by atoms with Gasteiger partial charge in [-0.15, -0.1) is 0 Å². The number of pyridine rings is 1. The Kier molecular flexibility index (Phi) is 4.81. The number of aromatic nitrogens is 1. The second-order valence-electron chi connectivity index (χ2n) is 5.22. The predicted molar refractivity (Wildman–Crippen MR) is 92.4 cm³/mol. The van der Waals surface area contributed by atoms with E-state index in [-0.39, 0.29) is 11.5 Å². The first kappa shape index (κ1) is 15.7. The number of hydrogen-bond acceptors (Lipinski definition) is 3. The highest BCUT2D eigenvalue weighted by atomic mass is 19.1. The van der Waals surface area contributed by atoms with Gasteiger partial charge in [-0.05, 0) is 54.6 Å². The minimum atomic E-state index is -0.434. The number of anilines is 2. The summed E-state index contributed by atoms with van der Waals surface area (Å²) in [5, 5.41) is 6.00. The molecule has 0 spiro atoms. The number of carbonyl (C=O) groups excluding carboxylic acids is 1. The van der Waals surface area contributed by atoms with Crippen molar-refractivity contribution in [1.29, 1.82) is 0 Å². The lowest BCUT2D eigenvalue weighted by atomic mass is 10.2. The van der Waals surface area contributed by atoms with Crippen LogP contribution >= 0.6 is 0 Å². The van der Waals surface area contributed by atoms with Crippen molar-refractivity contribution in [2.24, 2.45) is 0 Å². The molecule has 2 N–H and O–H groups in total. The van der Waals surface area contributed by atoms with Crippen LogP contribution in [0.2, 0.25) is 0 Å². The van der Waals surface area contributed by atoms with E-state index in [1.165, 1.54) is 18.2 Å². The lowest BCUT2D eigenvalue weighted by Crippen LogP contribution is -2.12. The van der Waals surface area contributed by atoms with Gasteiger partial charge in [0.2, 0.25) is 0 Å². The molecule has 120 valence electrons. The molecule has 0 aliphatic heterocycles. The summed E-state index contributed by atoms with van der Waals surface area (Å²) in [7, 11) is 0. The number of nitrogens with one attached hydrogen (secondary N) is 2. The van der Waals surface area contributed by atoms with E-state index >= 15 is 0 Å². The van der Waals surface area contributed by atoms with Crippen LogP contribution in [0.5, 0.6) is 0 Å². The Balaban J connectivity index is 1.59. The van der Waals surface area contributed by atoms with Gasteiger partial charge in [0.1, 0.15) is 5.82 Å². The maximum atomic E-state index is 13.2. The van der Waals surface area contributed by atoms with Crippen molar-refractivity contribution < 1.29 is 9.18 Å². The van der Waals surface area contributed by atoms with Gasteiger partial charge in [-0.25, -0.2) is 4.39 Å². The Morgan fingerprint density at radius 1 is 0.958 bits per heavy atom. The van der Waals surface area contributed by atoms with E-state index in [9.17, 15) is 9.18 Å². The van der Waals surface area contributed by atoms with Crippen LogP contribution in [-0.2, 0) is 6.54 Å². The summed E-state index contributed by atoms with van der Waals surface area (Å²) in [5.41, 5.74) is 2.80. The second-order valence-corrected chi connectivity index (χ2v) is 5.22. The molecule has 4 nitrogen and oxygen atoms in total. The van der Waals surface area contributed by atoms with Gasteiger partial charge >= 0.3 is 0 Å². The van der Waals surface area contributed by atoms with Gasteiger partial charge in [-0.3, -0.25) is 9.78 Å². The third-order valence-electron chi connectivity index (χ3n) is 3.43. The van der Waals surface area contributed by atoms with Crippen LogP contribution < -0.4 is 10.6 Å². The molecule has 5 heteroatoms. The Morgan fingerprint density at radius 3 is 2.46 bits per heavy atom. The van der Waals surface area contributed by atoms with E-state index in [4.69, 9.17) is 0 Å². The molecule has 0 unspecified atom stereocenters. The van der Waals surface area contributed by atoms with Crippen LogP contribution in [0.3, 0.4) is 0 Å². The monoisotopic (exact) mass is 321 g/mol. The Bertz CT molecular complexity index is 820. The molecule has 0 atom stereocenters. The van der Waals surface area contributed by atoms with Crippen LogP contribution in [0.15, 0.2) is 72.9 Å². The van der Waals surface area contributed by atoms with E-state index < -0.39 is 5.82 Å². The molecule has 0 radical (unpaired) electrons. The third kappa shape index (κ3) is 4.16. The zero-order valence-corrected chi connectivity index (χ0v) is 12.9. The van der Waals surface area contributed by atoms with Crippen molar-refractivity contribution >= 4 is 17.3 Å². The first-order chi connectivity index (χ1) is 11.7. The molecule has 0 saturated heterocycles. The fourth-order valence-electron chi connectivity index (χ4n) is 2.20. The highest BCUT2D eigenvalue weighted by Crippen LogP contribution is 2.15. The molecule has 24 heavy (non-hydrogen) atoms. The summed E-state index contributed by atoms with van der Waals surface area (Å²) >= 11 is 0. The highest BCUT2D eigenvalue weighted by Gasteiger charge is 2.06. The minimum absolute atomic E-state index is 0.285. The molecular formula is C19H16FN3O. The molecule has 0 aliphatic carbocycles. The highest BCUT2D eigenvalue weighted by molar-refractivity contribution is 6.04. The number of halogens is 1. The summed E-state index contributed by atoms with van der Waals surface area (Å²) in [4.78, 5) is 16.3. The number of amides is 1. The second kappa shape index (κ2) is 7.37. The lowest BCUT2D eigenvalue weighted by molar-refractivity contribution is 0.102. The van der Waals surface area contributed by atoms with E-state index in [1.54, 1.807) is 24.4 Å². The summed E-state index contributed by atoms with van der Waals surface area (Å²) in [6.45, 7) is 0.621. The Hall–Kier alpha value is -3.21. The van der Waals surface area contributed by atoms with Gasteiger partial charge in [0.25, 0.3) is 5.91 Å². The quantitative estimate of drug-likeness (QED) is 0.744. The fourth-order valence-corrected chi connectivity index (χ4v) is 2.20. The smallest absolute Gasteiger partial charge is 0.255 e. The molecule has 3 rings (SSSR count). The van der Waals surface area contributed by atoms with E-state index in [0.29, 0.717) is 12.2 Å². The number of rotatable bonds is 5. The van der Waals surface area contributed by atoms with Crippen LogP contribution in [0.25, 0.3) is 0 Å². The van der Waals surface area contributed by atoms with Gasteiger partial charge in [0.15, 0.2) is 0 Å². The zero-order valence-electron chi connectivity index (χ0n) is 12.9. The first-order valence-corrected chi connectivity index (χ1v) is 7.51. The van der Waals surface area contributed by atoms with Gasteiger partial charge in [-0.2, -0.15) is 0 Å². The summed E-state index contributed by atoms with van der Waals surface area (Å²) in [6.07, 6.45) is 1.75. The molecule has 1 amide bonds. The van der Waals surface area contributed by atoms with E-state index in [2.05, 4.69) is 15.6 Å². The van der Waals surface area contributed by atoms with E-state index in [0.717, 1.165) is 11.4 Å². The van der Waals surface area contributed by atoms with Gasteiger partial charge in [0, 0.05) is 23.1 Å². The van der Waals surface area contributed by atoms with Crippen molar-refractivity contribution in [3.05, 3.63) is 90.0 Å². The first-order valence-electron chi connectivity index (χ1n) is 7.51. The van der Waals surface area contributed by atoms with Crippen molar-refractivity contribution in [3.63, 3.8) is 0 Å². The van der Waals surface area contributed by atoms with Crippen LogP contribution in [-0.4, -0.2) is 10.9 Å². The molecule has 3 aromatic rings. The summed E-state index contributed by atoms with van der Waals surface area (Å²) in [6, 6.07) is 18.7. The number of benzene rings is 2. The summed E-state index contributed by atoms with van der Waals surface area (Å²) < 4.78 is 13.2. The lowest BCUT2D eigenvalue weighted by Gasteiger charge is -2.08. The SMILES string of the molecule is O=C(Nc1ccc(NCc2ccccn2)cc1)c1cccc(F)c1. The predicted octanol–water partition coefficient (Wildman–Crippen LogP) is 4.09. The average molecular weight is 321 g/mol. The third-order valence-corrected chi connectivity index (χ3v) is 3.43. The maximum Gasteiger partial charge on any atom is 0.255 e. The van der Waals surface area contributed by atoms with Gasteiger partial charge in [-0.1, -0.05) is 12.1 Å². The van der Waals surface area contributed by atoms with Crippen LogP contribution in [0.4, 0.5) is 15.8 Å². The number of carbonyl (C=O) groups is 1. The minimum Gasteiger partial charge on any atom is -0.379 e. The molecule has 1 heterocycles. The van der Waals surface area contributed by atoms with Crippen molar-refractivity contribution in [1.82, 2.24) is 4.98 Å². The molecule has 0 fully saturated rings. The average Bonchev–Trinajstić information content (AvgIpc) is 2.62. The van der Waals surface area contributed by atoms with Crippen LogP contribution in [0, 0.1) is 5.82 Å². The van der Waals surface area contributed by atoms with Crippen molar-refractivity contribution in [2.75, 3.05) is 10.6 Å². The van der Waals surface area contributed by atoms with Crippen molar-refractivity contribution in [2.45, 2.75) is 6.54 Å². The topological polar surface area (TPSA) is 54.0 Å². The zero-order chi connectivity index (χ0) is 16.8. The normalized spacial score (nSPS) is 10.2. The molecule has 1 aromatic heterocycles. The standard InChI is InChI=1S/C19H16FN3O/c20-15-5-3-4-14(12-15)19(24)23-17-9-7-16(8-10-17)22-13-18-6-1-2-11-21-18/h1-12,22H,13H2,(H,23,24). The molecule has 0 saturated carbocycles. The largest absolute Gasteiger partial charge is 0.379 e. The molecule has 0 aliphatic rings.